The van der Waals surface area contributed by atoms with Crippen LogP contribution in [0.4, 0.5) is 0 Å². The predicted octanol–water partition coefficient (Wildman–Crippen LogP) is 0.565. The molecule has 0 saturated heterocycles. The summed E-state index contributed by atoms with van der Waals surface area (Å²) in [4.78, 5) is 3.99. The molecule has 92 valence electrons. The molecule has 1 heterocycles. The number of nitrogens with zero attached hydrogens (tertiary/aromatic N) is 1. The van der Waals surface area contributed by atoms with E-state index in [0.29, 0.717) is 38.7 Å². The molecular weight excluding hydrogens is 212 g/mol. The lowest BCUT2D eigenvalue weighted by molar-refractivity contribution is 0.0724. The first-order chi connectivity index (χ1) is 7.86. The lowest BCUT2D eigenvalue weighted by atomic mass is 10.5. The Kier molecular flexibility index (Phi) is 6.55. The Morgan fingerprint density at radius 1 is 1.31 bits per heavy atom. The van der Waals surface area contributed by atoms with Crippen molar-refractivity contribution >= 4 is 0 Å². The van der Waals surface area contributed by atoms with Crippen molar-refractivity contribution in [1.82, 2.24) is 4.98 Å². The molecule has 1 aromatic rings. The zero-order valence-corrected chi connectivity index (χ0v) is 9.48. The lowest BCUT2D eigenvalue weighted by Crippen LogP contribution is -2.08. The molecule has 0 unspecified atom stereocenters. The minimum absolute atomic E-state index is 0.237. The van der Waals surface area contributed by atoms with E-state index < -0.39 is 0 Å². The summed E-state index contributed by atoms with van der Waals surface area (Å²) in [6.45, 7) is 2.64. The van der Waals surface area contributed by atoms with Crippen molar-refractivity contribution in [3.8, 4) is 6.08 Å². The summed E-state index contributed by atoms with van der Waals surface area (Å²) in [7, 11) is 1.67. The molecule has 2 N–H and O–H groups in total. The molecule has 0 fully saturated rings. The van der Waals surface area contributed by atoms with Gasteiger partial charge in [0.2, 0.25) is 0 Å². The van der Waals surface area contributed by atoms with Gasteiger partial charge in [0.1, 0.15) is 12.9 Å². The average molecular weight is 230 g/mol. The first-order valence-corrected chi connectivity index (χ1v) is 5.20. The monoisotopic (exact) mass is 230 g/mol. The van der Waals surface area contributed by atoms with E-state index in [1.807, 2.05) is 0 Å². The molecule has 6 heteroatoms. The van der Waals surface area contributed by atoms with E-state index >= 15 is 0 Å². The topological polar surface area (TPSA) is 79.7 Å². The van der Waals surface area contributed by atoms with Crippen molar-refractivity contribution in [1.29, 1.82) is 0 Å². The van der Waals surface area contributed by atoms with E-state index in [1.54, 1.807) is 7.11 Å². The Labute approximate surface area is 94.7 Å². The van der Waals surface area contributed by atoms with Crippen LogP contribution in [0.25, 0.3) is 0 Å². The van der Waals surface area contributed by atoms with Gasteiger partial charge in [-0.05, 0) is 6.42 Å². The quantitative estimate of drug-likeness (QED) is 0.624. The van der Waals surface area contributed by atoms with Crippen molar-refractivity contribution in [2.24, 2.45) is 5.73 Å². The van der Waals surface area contributed by atoms with Crippen molar-refractivity contribution in [2.45, 2.75) is 13.0 Å². The lowest BCUT2D eigenvalue weighted by Gasteiger charge is -2.03. The predicted molar refractivity (Wildman–Crippen MR) is 57.2 cm³/mol. The standard InChI is InChI=1S/C10H18N2O4/c1-13-3-2-4-14-5-6-15-10-12-9(7-11)8-16-10/h8H,2-7,11H2,1H3. The summed E-state index contributed by atoms with van der Waals surface area (Å²) in [6, 6.07) is 0. The molecule has 0 radical (unpaired) electrons. The summed E-state index contributed by atoms with van der Waals surface area (Å²) in [5.41, 5.74) is 6.05. The van der Waals surface area contributed by atoms with Gasteiger partial charge >= 0.3 is 6.08 Å². The molecular formula is C10H18N2O4. The SMILES string of the molecule is COCCCOCCOc1nc(CN)co1. The number of nitrogens with two attached hydrogens (primary N) is 1. The zero-order chi connectivity index (χ0) is 11.6. The number of rotatable bonds is 9. The minimum atomic E-state index is 0.237. The maximum absolute atomic E-state index is 5.37. The highest BCUT2D eigenvalue weighted by Crippen LogP contribution is 2.08. The van der Waals surface area contributed by atoms with Crippen LogP contribution >= 0.6 is 0 Å². The van der Waals surface area contributed by atoms with Gasteiger partial charge in [0.05, 0.1) is 12.3 Å². The number of ether oxygens (including phenoxy) is 3. The highest BCUT2D eigenvalue weighted by atomic mass is 16.6. The van der Waals surface area contributed by atoms with E-state index in [2.05, 4.69) is 4.98 Å². The summed E-state index contributed by atoms with van der Waals surface area (Å²) in [5.74, 6) is 0. The molecule has 0 bridgehead atoms. The Balaban J connectivity index is 1.98. The number of oxazole rings is 1. The largest absolute Gasteiger partial charge is 0.448 e. The third-order valence-corrected chi connectivity index (χ3v) is 1.83. The van der Waals surface area contributed by atoms with Crippen molar-refractivity contribution in [2.75, 3.05) is 33.5 Å². The van der Waals surface area contributed by atoms with Crippen LogP contribution in [-0.2, 0) is 16.0 Å². The second kappa shape index (κ2) is 8.09. The fourth-order valence-corrected chi connectivity index (χ4v) is 1.04. The summed E-state index contributed by atoms with van der Waals surface area (Å²) < 4.78 is 20.4. The smallest absolute Gasteiger partial charge is 0.393 e. The van der Waals surface area contributed by atoms with Crippen molar-refractivity contribution in [3.63, 3.8) is 0 Å². The Bertz CT molecular complexity index is 278. The van der Waals surface area contributed by atoms with Crippen molar-refractivity contribution in [3.05, 3.63) is 12.0 Å². The number of hydrogen-bond donors (Lipinski definition) is 1. The molecule has 0 saturated carbocycles. The highest BCUT2D eigenvalue weighted by Gasteiger charge is 2.02. The van der Waals surface area contributed by atoms with Gasteiger partial charge in [-0.1, -0.05) is 0 Å². The number of aromatic nitrogens is 1. The molecule has 0 aliphatic rings. The van der Waals surface area contributed by atoms with Crippen LogP contribution in [0.15, 0.2) is 10.7 Å². The van der Waals surface area contributed by atoms with Crippen molar-refractivity contribution < 1.29 is 18.6 Å². The van der Waals surface area contributed by atoms with Gasteiger partial charge in [0.15, 0.2) is 0 Å². The zero-order valence-electron chi connectivity index (χ0n) is 9.48. The summed E-state index contributed by atoms with van der Waals surface area (Å²) in [5, 5.41) is 0. The van der Waals surface area contributed by atoms with Crippen LogP contribution in [-0.4, -0.2) is 38.5 Å². The first-order valence-electron chi connectivity index (χ1n) is 5.20. The van der Waals surface area contributed by atoms with Crippen LogP contribution in [0.1, 0.15) is 12.1 Å². The fourth-order valence-electron chi connectivity index (χ4n) is 1.04. The fraction of sp³-hybridized carbons (Fsp3) is 0.700. The van der Waals surface area contributed by atoms with Crippen LogP contribution in [0.2, 0.25) is 0 Å². The normalized spacial score (nSPS) is 10.6. The average Bonchev–Trinajstić information content (AvgIpc) is 2.76. The van der Waals surface area contributed by atoms with Gasteiger partial charge in [0, 0.05) is 26.9 Å². The molecule has 1 aromatic heterocycles. The molecule has 1 rings (SSSR count). The number of hydrogen-bond acceptors (Lipinski definition) is 6. The third-order valence-electron chi connectivity index (χ3n) is 1.83. The van der Waals surface area contributed by atoms with E-state index in [4.69, 9.17) is 24.4 Å². The summed E-state index contributed by atoms with van der Waals surface area (Å²) >= 11 is 0. The second-order valence-electron chi connectivity index (χ2n) is 3.12. The summed E-state index contributed by atoms with van der Waals surface area (Å²) in [6.07, 6.45) is 2.60. The van der Waals surface area contributed by atoms with E-state index in [9.17, 15) is 0 Å². The third kappa shape index (κ3) is 5.11. The van der Waals surface area contributed by atoms with Gasteiger partial charge in [-0.15, -0.1) is 0 Å². The molecule has 0 atom stereocenters. The molecule has 0 aromatic carbocycles. The molecule has 0 amide bonds. The first kappa shape index (κ1) is 13.0. The van der Waals surface area contributed by atoms with Crippen LogP contribution in [0, 0.1) is 0 Å². The van der Waals surface area contributed by atoms with Gasteiger partial charge in [-0.3, -0.25) is 0 Å². The van der Waals surface area contributed by atoms with E-state index in [-0.39, 0.29) is 6.08 Å². The molecule has 6 nitrogen and oxygen atoms in total. The van der Waals surface area contributed by atoms with E-state index in [1.165, 1.54) is 6.26 Å². The van der Waals surface area contributed by atoms with Gasteiger partial charge in [-0.25, -0.2) is 0 Å². The Morgan fingerprint density at radius 2 is 2.19 bits per heavy atom. The Morgan fingerprint density at radius 3 is 2.88 bits per heavy atom. The molecule has 0 aliphatic carbocycles. The highest BCUT2D eigenvalue weighted by molar-refractivity contribution is 4.98. The number of methoxy groups -OCH3 is 1. The molecule has 0 spiro atoms. The van der Waals surface area contributed by atoms with Crippen LogP contribution in [0.3, 0.4) is 0 Å². The Hall–Kier alpha value is -1.11. The van der Waals surface area contributed by atoms with Gasteiger partial charge in [-0.2, -0.15) is 4.98 Å². The minimum Gasteiger partial charge on any atom is -0.448 e. The maximum atomic E-state index is 5.37. The van der Waals surface area contributed by atoms with Crippen LogP contribution in [0.5, 0.6) is 6.08 Å². The van der Waals surface area contributed by atoms with Gasteiger partial charge in [0.25, 0.3) is 0 Å². The van der Waals surface area contributed by atoms with Crippen LogP contribution < -0.4 is 10.5 Å². The van der Waals surface area contributed by atoms with E-state index in [0.717, 1.165) is 6.42 Å². The second-order valence-corrected chi connectivity index (χ2v) is 3.12. The maximum Gasteiger partial charge on any atom is 0.393 e. The molecule has 0 aliphatic heterocycles. The molecule has 16 heavy (non-hydrogen) atoms. The van der Waals surface area contributed by atoms with Gasteiger partial charge < -0.3 is 24.4 Å².